The van der Waals surface area contributed by atoms with Gasteiger partial charge in [-0.1, -0.05) is 17.3 Å². The summed E-state index contributed by atoms with van der Waals surface area (Å²) in [7, 11) is 0. The van der Waals surface area contributed by atoms with Crippen LogP contribution in [0.2, 0.25) is 0 Å². The molecule has 0 spiro atoms. The molecule has 142 valence electrons. The van der Waals surface area contributed by atoms with Crippen molar-refractivity contribution in [2.24, 2.45) is 10.9 Å². The number of nitrogens with two attached hydrogens (primary N) is 1. The van der Waals surface area contributed by atoms with Gasteiger partial charge in [0.25, 0.3) is 0 Å². The molecule has 0 atom stereocenters. The van der Waals surface area contributed by atoms with Gasteiger partial charge in [0.05, 0.1) is 17.1 Å². The molecule has 4 N–H and O–H groups in total. The van der Waals surface area contributed by atoms with E-state index in [-0.39, 0.29) is 0 Å². The number of fused-ring (bicyclic) bond motifs is 1. The van der Waals surface area contributed by atoms with E-state index < -0.39 is 11.3 Å². The number of amides is 1. The molecular formula is C21H21N5O2. The van der Waals surface area contributed by atoms with Crippen molar-refractivity contribution in [2.45, 2.75) is 32.1 Å². The van der Waals surface area contributed by atoms with Crippen molar-refractivity contribution in [2.75, 3.05) is 0 Å². The number of imidazole rings is 1. The van der Waals surface area contributed by atoms with Crippen LogP contribution < -0.4 is 5.73 Å². The monoisotopic (exact) mass is 375 g/mol. The molecule has 0 fully saturated rings. The number of aromatic amines is 1. The number of carbonyl (C=O) groups excluding carboxylic acids is 1. The summed E-state index contributed by atoms with van der Waals surface area (Å²) >= 11 is 0. The summed E-state index contributed by atoms with van der Waals surface area (Å²) < 4.78 is 0. The van der Waals surface area contributed by atoms with Crippen LogP contribution in [0.3, 0.4) is 0 Å². The van der Waals surface area contributed by atoms with Crippen molar-refractivity contribution in [1.29, 1.82) is 0 Å². The first kappa shape index (κ1) is 17.9. The number of hydrogen-bond donors (Lipinski definition) is 3. The molecule has 7 heteroatoms. The Labute approximate surface area is 162 Å². The number of rotatable bonds is 4. The molecule has 1 aliphatic rings. The Kier molecular flexibility index (Phi) is 4.22. The molecule has 7 nitrogen and oxygen atoms in total. The number of aryl methyl sites for hydroxylation is 1. The van der Waals surface area contributed by atoms with Crippen molar-refractivity contribution in [1.82, 2.24) is 15.0 Å². The van der Waals surface area contributed by atoms with Gasteiger partial charge in [0.15, 0.2) is 0 Å². The van der Waals surface area contributed by atoms with Crippen LogP contribution in [0.1, 0.15) is 37.2 Å². The van der Waals surface area contributed by atoms with Crippen LogP contribution in [-0.2, 0) is 16.6 Å². The van der Waals surface area contributed by atoms with Gasteiger partial charge in [0.2, 0.25) is 5.91 Å². The van der Waals surface area contributed by atoms with E-state index >= 15 is 0 Å². The largest absolute Gasteiger partial charge is 0.411 e. The molecule has 0 bridgehead atoms. The van der Waals surface area contributed by atoms with Gasteiger partial charge in [-0.15, -0.1) is 0 Å². The van der Waals surface area contributed by atoms with Crippen molar-refractivity contribution < 1.29 is 10.0 Å². The lowest BCUT2D eigenvalue weighted by Crippen LogP contribution is -2.36. The zero-order valence-electron chi connectivity index (χ0n) is 15.7. The maximum Gasteiger partial charge on any atom is 0.230 e. The Morgan fingerprint density at radius 1 is 1.18 bits per heavy atom. The van der Waals surface area contributed by atoms with E-state index in [4.69, 9.17) is 15.9 Å². The number of hydrogen-bond acceptors (Lipinski definition) is 5. The molecule has 28 heavy (non-hydrogen) atoms. The van der Waals surface area contributed by atoms with Gasteiger partial charge >= 0.3 is 0 Å². The van der Waals surface area contributed by atoms with Gasteiger partial charge in [0, 0.05) is 29.1 Å². The number of primary amides is 1. The highest BCUT2D eigenvalue weighted by atomic mass is 16.4. The van der Waals surface area contributed by atoms with Gasteiger partial charge in [-0.2, -0.15) is 0 Å². The zero-order chi connectivity index (χ0) is 19.9. The van der Waals surface area contributed by atoms with E-state index in [1.165, 1.54) is 0 Å². The smallest absolute Gasteiger partial charge is 0.230 e. The second-order valence-electron chi connectivity index (χ2n) is 7.45. The number of H-pyrrole nitrogens is 1. The first-order chi connectivity index (χ1) is 13.4. The molecule has 3 aromatic rings. The summed E-state index contributed by atoms with van der Waals surface area (Å²) in [5.74, 6) is 0.0618. The van der Waals surface area contributed by atoms with E-state index in [1.807, 2.05) is 24.3 Å². The van der Waals surface area contributed by atoms with Crippen molar-refractivity contribution in [3.8, 4) is 22.5 Å². The second-order valence-corrected chi connectivity index (χ2v) is 7.45. The van der Waals surface area contributed by atoms with Crippen LogP contribution >= 0.6 is 0 Å². The molecule has 2 aromatic heterocycles. The highest BCUT2D eigenvalue weighted by Gasteiger charge is 2.32. The number of benzene rings is 1. The minimum atomic E-state index is -0.937. The van der Waals surface area contributed by atoms with Gasteiger partial charge in [-0.05, 0) is 50.5 Å². The highest BCUT2D eigenvalue weighted by Crippen LogP contribution is 2.35. The van der Waals surface area contributed by atoms with Gasteiger partial charge < -0.3 is 15.9 Å². The maximum atomic E-state index is 12.0. The van der Waals surface area contributed by atoms with Crippen LogP contribution in [0.4, 0.5) is 0 Å². The van der Waals surface area contributed by atoms with Crippen molar-refractivity contribution >= 4 is 11.6 Å². The quantitative estimate of drug-likeness (QED) is 0.480. The first-order valence-electron chi connectivity index (χ1n) is 9.07. The Morgan fingerprint density at radius 2 is 1.93 bits per heavy atom. The molecule has 1 aliphatic carbocycles. The van der Waals surface area contributed by atoms with Gasteiger partial charge in [-0.25, -0.2) is 4.98 Å². The van der Waals surface area contributed by atoms with E-state index in [1.54, 1.807) is 26.2 Å². The molecular weight excluding hydrogens is 354 g/mol. The van der Waals surface area contributed by atoms with Crippen LogP contribution in [0, 0.1) is 0 Å². The van der Waals surface area contributed by atoms with E-state index in [2.05, 4.69) is 21.2 Å². The standard InChI is InChI=1S/C21H21N5O2/c1-21(2,19(22)27)20-24-17(12-7-9-23-10-8-12)18(25-20)14-3-5-15-13(11-14)4-6-16(15)26-28/h3,5,7-11,28H,4,6H2,1-2H3,(H2,22,27)(H,24,25). The summed E-state index contributed by atoms with van der Waals surface area (Å²) in [6, 6.07) is 9.76. The lowest BCUT2D eigenvalue weighted by Gasteiger charge is -2.16. The fourth-order valence-electron chi connectivity index (χ4n) is 3.44. The number of pyridine rings is 1. The number of aromatic nitrogens is 3. The molecule has 0 radical (unpaired) electrons. The summed E-state index contributed by atoms with van der Waals surface area (Å²) in [4.78, 5) is 24.1. The SMILES string of the molecule is CC(C)(C(N)=O)c1nc(-c2ccc3c(c2)CCC3=NO)c(-c2ccncc2)[nH]1. The number of carbonyl (C=O) groups is 1. The fraction of sp³-hybridized carbons (Fsp3) is 0.238. The molecule has 1 amide bonds. The minimum Gasteiger partial charge on any atom is -0.411 e. The number of nitrogens with one attached hydrogen (secondary N) is 1. The molecule has 0 aliphatic heterocycles. The summed E-state index contributed by atoms with van der Waals surface area (Å²) in [6.45, 7) is 3.50. The molecule has 0 unspecified atom stereocenters. The Morgan fingerprint density at radius 3 is 2.61 bits per heavy atom. The molecule has 1 aromatic carbocycles. The predicted molar refractivity (Wildman–Crippen MR) is 106 cm³/mol. The summed E-state index contributed by atoms with van der Waals surface area (Å²) in [5.41, 5.74) is 10.8. The highest BCUT2D eigenvalue weighted by molar-refractivity contribution is 6.04. The lowest BCUT2D eigenvalue weighted by molar-refractivity contribution is -0.122. The predicted octanol–water partition coefficient (Wildman–Crippen LogP) is 3.03. The van der Waals surface area contributed by atoms with Crippen LogP contribution in [0.5, 0.6) is 0 Å². The van der Waals surface area contributed by atoms with Crippen LogP contribution in [0.15, 0.2) is 47.9 Å². The average molecular weight is 375 g/mol. The van der Waals surface area contributed by atoms with E-state index in [9.17, 15) is 4.79 Å². The van der Waals surface area contributed by atoms with Crippen molar-refractivity contribution in [3.63, 3.8) is 0 Å². The van der Waals surface area contributed by atoms with Gasteiger partial charge in [0.1, 0.15) is 11.2 Å². The minimum absolute atomic E-state index is 0.452. The van der Waals surface area contributed by atoms with Gasteiger partial charge in [-0.3, -0.25) is 9.78 Å². The topological polar surface area (TPSA) is 117 Å². The van der Waals surface area contributed by atoms with Crippen LogP contribution in [0.25, 0.3) is 22.5 Å². The third-order valence-electron chi connectivity index (χ3n) is 5.32. The molecule has 0 saturated heterocycles. The first-order valence-corrected chi connectivity index (χ1v) is 9.07. The fourth-order valence-corrected chi connectivity index (χ4v) is 3.44. The molecule has 0 saturated carbocycles. The summed E-state index contributed by atoms with van der Waals surface area (Å²) in [5, 5.41) is 12.5. The zero-order valence-corrected chi connectivity index (χ0v) is 15.7. The van der Waals surface area contributed by atoms with Crippen molar-refractivity contribution in [3.05, 3.63) is 59.7 Å². The van der Waals surface area contributed by atoms with E-state index in [0.717, 1.165) is 40.1 Å². The number of nitrogens with zero attached hydrogens (tertiary/aromatic N) is 3. The lowest BCUT2D eigenvalue weighted by atomic mass is 9.92. The Hall–Kier alpha value is -3.48. The van der Waals surface area contributed by atoms with Crippen LogP contribution in [-0.4, -0.2) is 31.8 Å². The second kappa shape index (κ2) is 6.60. The summed E-state index contributed by atoms with van der Waals surface area (Å²) in [6.07, 6.45) is 4.96. The average Bonchev–Trinajstić information content (AvgIpc) is 3.32. The third-order valence-corrected chi connectivity index (χ3v) is 5.32. The number of oxime groups is 1. The molecule has 4 rings (SSSR count). The maximum absolute atomic E-state index is 12.0. The molecule has 2 heterocycles. The Bertz CT molecular complexity index is 1080. The normalized spacial score (nSPS) is 15.0. The van der Waals surface area contributed by atoms with E-state index in [0.29, 0.717) is 18.0 Å². The third kappa shape index (κ3) is 2.85. The Balaban J connectivity index is 1.89.